The van der Waals surface area contributed by atoms with Crippen LogP contribution in [0.5, 0.6) is 0 Å². The van der Waals surface area contributed by atoms with E-state index in [4.69, 9.17) is 9.66 Å². The molecule has 5 N–H and O–H groups in total. The van der Waals surface area contributed by atoms with Crippen molar-refractivity contribution >= 4 is 67.3 Å². The van der Waals surface area contributed by atoms with Crippen LogP contribution in [0.3, 0.4) is 0 Å². The topological polar surface area (TPSA) is 164 Å². The Kier molecular flexibility index (Phi) is 9.85. The molecule has 4 rings (SSSR count). The summed E-state index contributed by atoms with van der Waals surface area (Å²) in [6, 6.07) is 11.7. The predicted molar refractivity (Wildman–Crippen MR) is 161 cm³/mol. The number of allylic oxidation sites excluding steroid dienone is 5. The number of carbonyl (C=O) groups excluding carboxylic acids is 2. The van der Waals surface area contributed by atoms with Gasteiger partial charge in [0.15, 0.2) is 0 Å². The largest absolute Gasteiger partial charge is 0.396 e. The predicted octanol–water partition coefficient (Wildman–Crippen LogP) is 4.83. The van der Waals surface area contributed by atoms with Crippen LogP contribution >= 0.6 is 34.1 Å². The first-order valence-electron chi connectivity index (χ1n) is 12.0. The number of aliphatic hydroxyl groups excluding tert-OH is 1. The number of Topliss-reactive ketones (excluding diaryl/α,β-unsaturated/α-hetero) is 1. The smallest absolute Gasteiger partial charge is 0.264 e. The third-order valence-corrected chi connectivity index (χ3v) is 10.6. The van der Waals surface area contributed by atoms with Crippen LogP contribution in [0.2, 0.25) is 0 Å². The van der Waals surface area contributed by atoms with Crippen LogP contribution < -0.4 is 10.2 Å². The Labute approximate surface area is 242 Å². The Bertz CT molecular complexity index is 1500. The number of nitrogens with one attached hydrogen (secondary N) is 1. The lowest BCUT2D eigenvalue weighted by molar-refractivity contribution is -0.113. The first-order valence-corrected chi connectivity index (χ1v) is 17.2. The third-order valence-electron chi connectivity index (χ3n) is 5.83. The van der Waals surface area contributed by atoms with Gasteiger partial charge in [-0.3, -0.25) is 23.2 Å². The van der Waals surface area contributed by atoms with Crippen molar-refractivity contribution in [3.63, 3.8) is 0 Å². The van der Waals surface area contributed by atoms with Crippen LogP contribution in [-0.2, 0) is 14.9 Å². The molecule has 0 saturated carbocycles. The highest BCUT2D eigenvalue weighted by atomic mass is 32.3. The lowest BCUT2D eigenvalue weighted by Crippen LogP contribution is -2.21. The van der Waals surface area contributed by atoms with Crippen molar-refractivity contribution in [3.05, 3.63) is 82.3 Å². The van der Waals surface area contributed by atoms with Crippen molar-refractivity contribution in [2.24, 2.45) is 0 Å². The molecule has 0 fully saturated rings. The standard InChI is InChI=1S/C26H28N2O8S4/c29-13-14-37-17-24(30)27-18-10-11-20-21(16-18)38-25(28(20)12-5-15-39(32,33)34)9-4-3-8-23-26(31)19-6-1-2-7-22(19)40(23,35)36/h1-4,6-11,16,29,35-36H,5,12-15,17H2,(H,27,30)(H,32,33,34). The zero-order chi connectivity index (χ0) is 28.9. The number of hydrogen-bond donors (Lipinski definition) is 5. The van der Waals surface area contributed by atoms with E-state index in [0.717, 1.165) is 15.6 Å². The van der Waals surface area contributed by atoms with Gasteiger partial charge in [-0.05, 0) is 48.9 Å². The van der Waals surface area contributed by atoms with Gasteiger partial charge in [-0.25, -0.2) is 0 Å². The molecule has 2 aliphatic heterocycles. The first kappa shape index (κ1) is 30.4. The maximum absolute atomic E-state index is 12.7. The number of hydrogen-bond acceptors (Lipinski definition) is 10. The Morgan fingerprint density at radius 2 is 1.88 bits per heavy atom. The minimum atomic E-state index is -4.13. The minimum Gasteiger partial charge on any atom is -0.396 e. The molecule has 10 nitrogen and oxygen atoms in total. The van der Waals surface area contributed by atoms with Gasteiger partial charge in [-0.15, -0.1) is 22.4 Å². The van der Waals surface area contributed by atoms with Crippen molar-refractivity contribution in [3.8, 4) is 0 Å². The fourth-order valence-electron chi connectivity index (χ4n) is 4.10. The van der Waals surface area contributed by atoms with Crippen molar-refractivity contribution < 1.29 is 36.8 Å². The molecule has 2 aromatic rings. The molecule has 2 heterocycles. The van der Waals surface area contributed by atoms with Crippen molar-refractivity contribution in [2.75, 3.05) is 40.6 Å². The van der Waals surface area contributed by atoms with Gasteiger partial charge in [-0.1, -0.05) is 36.0 Å². The summed E-state index contributed by atoms with van der Waals surface area (Å²) in [6.07, 6.45) is 6.47. The number of rotatable bonds is 11. The summed E-state index contributed by atoms with van der Waals surface area (Å²) < 4.78 is 52.9. The number of aliphatic hydroxyl groups is 1. The highest BCUT2D eigenvalue weighted by Gasteiger charge is 2.38. The SMILES string of the molecule is O=C(CSCCO)Nc1ccc2c(c1)SC(=CC=CC=C1C(=O)c3ccccc3S1(O)O)N2CCCS(=O)(=O)O. The van der Waals surface area contributed by atoms with Gasteiger partial charge in [-0.2, -0.15) is 8.42 Å². The van der Waals surface area contributed by atoms with Crippen molar-refractivity contribution in [1.29, 1.82) is 0 Å². The quantitative estimate of drug-likeness (QED) is 0.132. The molecule has 0 unspecified atom stereocenters. The summed E-state index contributed by atoms with van der Waals surface area (Å²) in [4.78, 5) is 27.7. The number of thioether (sulfide) groups is 2. The first-order chi connectivity index (χ1) is 19.0. The van der Waals surface area contributed by atoms with E-state index >= 15 is 0 Å². The van der Waals surface area contributed by atoms with E-state index in [9.17, 15) is 27.1 Å². The summed E-state index contributed by atoms with van der Waals surface area (Å²) in [7, 11) is -7.53. The number of carbonyl (C=O) groups is 2. The van der Waals surface area contributed by atoms with Crippen LogP contribution in [-0.4, -0.2) is 69.3 Å². The van der Waals surface area contributed by atoms with Gasteiger partial charge in [0, 0.05) is 28.4 Å². The molecular formula is C26H28N2O8S4. The van der Waals surface area contributed by atoms with Gasteiger partial charge < -0.3 is 15.3 Å². The van der Waals surface area contributed by atoms with Crippen molar-refractivity contribution in [2.45, 2.75) is 16.2 Å². The zero-order valence-electron chi connectivity index (χ0n) is 21.1. The molecule has 0 atom stereocenters. The van der Waals surface area contributed by atoms with Gasteiger partial charge in [0.1, 0.15) is 4.91 Å². The Balaban J connectivity index is 1.53. The highest BCUT2D eigenvalue weighted by molar-refractivity contribution is 8.28. The van der Waals surface area contributed by atoms with E-state index in [1.165, 1.54) is 41.7 Å². The molecule has 0 saturated heterocycles. The Hall–Kier alpha value is -2.56. The second kappa shape index (κ2) is 13.0. The van der Waals surface area contributed by atoms with Crippen LogP contribution in [0, 0.1) is 0 Å². The van der Waals surface area contributed by atoms with E-state index in [1.807, 2.05) is 11.0 Å². The summed E-state index contributed by atoms with van der Waals surface area (Å²) in [5.41, 5.74) is 1.65. The fraction of sp³-hybridized carbons (Fsp3) is 0.231. The normalized spacial score (nSPS) is 18.9. The molecule has 2 aliphatic rings. The molecule has 0 aliphatic carbocycles. The number of amides is 1. The summed E-state index contributed by atoms with van der Waals surface area (Å²) in [6.45, 7) is 0.284. The third kappa shape index (κ3) is 7.19. The zero-order valence-corrected chi connectivity index (χ0v) is 24.4. The number of ketones is 1. The average Bonchev–Trinajstić information content (AvgIpc) is 3.32. The molecule has 214 valence electrons. The molecule has 0 spiro atoms. The fourth-order valence-corrected chi connectivity index (χ4v) is 7.88. The molecule has 2 aromatic carbocycles. The van der Waals surface area contributed by atoms with Crippen molar-refractivity contribution in [1.82, 2.24) is 0 Å². The van der Waals surface area contributed by atoms with Crippen LogP contribution in [0.25, 0.3) is 0 Å². The maximum Gasteiger partial charge on any atom is 0.264 e. The number of fused-ring (bicyclic) bond motifs is 2. The monoisotopic (exact) mass is 624 g/mol. The van der Waals surface area contributed by atoms with E-state index in [-0.39, 0.29) is 40.1 Å². The summed E-state index contributed by atoms with van der Waals surface area (Å²) in [5.74, 6) is -0.376. The lowest BCUT2D eigenvalue weighted by Gasteiger charge is -2.27. The van der Waals surface area contributed by atoms with Crippen LogP contribution in [0.4, 0.5) is 11.4 Å². The summed E-state index contributed by atoms with van der Waals surface area (Å²) >= 11 is 2.71. The Morgan fingerprint density at radius 3 is 2.60 bits per heavy atom. The van der Waals surface area contributed by atoms with Crippen LogP contribution in [0.1, 0.15) is 16.8 Å². The van der Waals surface area contributed by atoms with E-state index in [2.05, 4.69) is 5.32 Å². The van der Waals surface area contributed by atoms with E-state index in [0.29, 0.717) is 18.0 Å². The van der Waals surface area contributed by atoms with Gasteiger partial charge in [0.05, 0.1) is 33.7 Å². The molecule has 0 aromatic heterocycles. The number of anilines is 2. The summed E-state index contributed by atoms with van der Waals surface area (Å²) in [5, 5.41) is 12.4. The minimum absolute atomic E-state index is 0.00645. The second-order valence-electron chi connectivity index (χ2n) is 8.70. The number of nitrogens with zero attached hydrogens (tertiary/aromatic N) is 1. The lowest BCUT2D eigenvalue weighted by atomic mass is 10.1. The van der Waals surface area contributed by atoms with Crippen LogP contribution in [0.15, 0.2) is 86.5 Å². The maximum atomic E-state index is 12.7. The average molecular weight is 625 g/mol. The molecule has 14 heteroatoms. The van der Waals surface area contributed by atoms with Gasteiger partial charge >= 0.3 is 0 Å². The molecular weight excluding hydrogens is 597 g/mol. The highest BCUT2D eigenvalue weighted by Crippen LogP contribution is 2.62. The van der Waals surface area contributed by atoms with Gasteiger partial charge in [0.2, 0.25) is 11.7 Å². The van der Waals surface area contributed by atoms with Gasteiger partial charge in [0.25, 0.3) is 10.1 Å². The van der Waals surface area contributed by atoms with E-state index in [1.54, 1.807) is 42.5 Å². The molecule has 1 amide bonds. The molecule has 40 heavy (non-hydrogen) atoms. The van der Waals surface area contributed by atoms with E-state index < -0.39 is 32.2 Å². The molecule has 0 bridgehead atoms. The Morgan fingerprint density at radius 1 is 1.12 bits per heavy atom. The molecule has 0 radical (unpaired) electrons. The second-order valence-corrected chi connectivity index (χ2v) is 14.4. The number of benzene rings is 2.